The van der Waals surface area contributed by atoms with Gasteiger partial charge in [0.05, 0.1) is 6.04 Å². The summed E-state index contributed by atoms with van der Waals surface area (Å²) in [5, 5.41) is 10.5. The number of amides is 1. The molecule has 1 atom stereocenters. The molecule has 0 fully saturated rings. The molecule has 0 saturated carbocycles. The highest BCUT2D eigenvalue weighted by atomic mass is 16.7. The van der Waals surface area contributed by atoms with Gasteiger partial charge in [-0.05, 0) is 6.92 Å². The van der Waals surface area contributed by atoms with Gasteiger partial charge in [-0.3, -0.25) is 0 Å². The molecule has 0 aliphatic heterocycles. The SMILES string of the molecule is COC(OC)C(C)NC(=O)O. The zero-order chi connectivity index (χ0) is 8.85. The molecule has 0 aliphatic rings. The van der Waals surface area contributed by atoms with Crippen molar-refractivity contribution in [1.29, 1.82) is 0 Å². The van der Waals surface area contributed by atoms with Crippen LogP contribution in [0.3, 0.4) is 0 Å². The van der Waals surface area contributed by atoms with Crippen LogP contribution in [0.1, 0.15) is 6.92 Å². The number of ether oxygens (including phenoxy) is 2. The van der Waals surface area contributed by atoms with E-state index in [9.17, 15) is 4.79 Å². The number of hydrogen-bond acceptors (Lipinski definition) is 3. The Bertz CT molecular complexity index is 124. The van der Waals surface area contributed by atoms with Gasteiger partial charge in [0.2, 0.25) is 0 Å². The van der Waals surface area contributed by atoms with Gasteiger partial charge in [-0.1, -0.05) is 0 Å². The molecule has 5 nitrogen and oxygen atoms in total. The first-order chi connectivity index (χ1) is 5.11. The van der Waals surface area contributed by atoms with Gasteiger partial charge in [0, 0.05) is 14.2 Å². The molecule has 0 aromatic carbocycles. The van der Waals surface area contributed by atoms with Crippen molar-refractivity contribution in [3.63, 3.8) is 0 Å². The van der Waals surface area contributed by atoms with E-state index in [-0.39, 0.29) is 6.04 Å². The molecule has 5 heteroatoms. The summed E-state index contributed by atoms with van der Waals surface area (Å²) in [5.41, 5.74) is 0. The fourth-order valence-corrected chi connectivity index (χ4v) is 0.767. The van der Waals surface area contributed by atoms with E-state index in [1.54, 1.807) is 6.92 Å². The molecular formula is C6H13NO4. The molecule has 0 radical (unpaired) electrons. The van der Waals surface area contributed by atoms with Crippen LogP contribution in [-0.2, 0) is 9.47 Å². The monoisotopic (exact) mass is 163 g/mol. The third-order valence-electron chi connectivity index (χ3n) is 1.22. The van der Waals surface area contributed by atoms with E-state index < -0.39 is 12.4 Å². The van der Waals surface area contributed by atoms with Crippen molar-refractivity contribution in [1.82, 2.24) is 5.32 Å². The topological polar surface area (TPSA) is 67.8 Å². The van der Waals surface area contributed by atoms with Gasteiger partial charge in [-0.15, -0.1) is 0 Å². The summed E-state index contributed by atoms with van der Waals surface area (Å²) in [6.45, 7) is 1.66. The largest absolute Gasteiger partial charge is 0.465 e. The molecule has 0 aliphatic carbocycles. The molecular weight excluding hydrogens is 150 g/mol. The quantitative estimate of drug-likeness (QED) is 0.583. The van der Waals surface area contributed by atoms with Crippen LogP contribution in [0.25, 0.3) is 0 Å². The Morgan fingerprint density at radius 3 is 2.18 bits per heavy atom. The highest BCUT2D eigenvalue weighted by Crippen LogP contribution is 1.97. The van der Waals surface area contributed by atoms with E-state index in [0.717, 1.165) is 0 Å². The lowest BCUT2D eigenvalue weighted by Crippen LogP contribution is -2.42. The molecule has 0 rings (SSSR count). The fraction of sp³-hybridized carbons (Fsp3) is 0.833. The minimum Gasteiger partial charge on any atom is -0.465 e. The number of rotatable bonds is 4. The van der Waals surface area contributed by atoms with Gasteiger partial charge < -0.3 is 19.9 Å². The van der Waals surface area contributed by atoms with E-state index >= 15 is 0 Å². The predicted molar refractivity (Wildman–Crippen MR) is 38.4 cm³/mol. The summed E-state index contributed by atoms with van der Waals surface area (Å²) in [6, 6.07) is -0.373. The minimum atomic E-state index is -1.09. The Morgan fingerprint density at radius 1 is 1.45 bits per heavy atom. The third kappa shape index (κ3) is 3.79. The van der Waals surface area contributed by atoms with E-state index in [4.69, 9.17) is 14.6 Å². The van der Waals surface area contributed by atoms with Crippen LogP contribution >= 0.6 is 0 Å². The molecule has 0 heterocycles. The predicted octanol–water partition coefficient (Wildman–Crippen LogP) is 0.261. The minimum absolute atomic E-state index is 0.373. The number of carboxylic acid groups (broad SMARTS) is 1. The lowest BCUT2D eigenvalue weighted by Gasteiger charge is -2.20. The van der Waals surface area contributed by atoms with Crippen LogP contribution in [0.4, 0.5) is 4.79 Å². The van der Waals surface area contributed by atoms with Gasteiger partial charge in [-0.25, -0.2) is 4.79 Å². The zero-order valence-electron chi connectivity index (χ0n) is 6.83. The van der Waals surface area contributed by atoms with Crippen LogP contribution in [0.5, 0.6) is 0 Å². The van der Waals surface area contributed by atoms with E-state index in [0.29, 0.717) is 0 Å². The molecule has 2 N–H and O–H groups in total. The highest BCUT2D eigenvalue weighted by Gasteiger charge is 2.16. The first kappa shape index (κ1) is 10.2. The van der Waals surface area contributed by atoms with Gasteiger partial charge in [0.15, 0.2) is 6.29 Å². The van der Waals surface area contributed by atoms with Crippen molar-refractivity contribution >= 4 is 6.09 Å². The maximum absolute atomic E-state index is 10.1. The maximum atomic E-state index is 10.1. The van der Waals surface area contributed by atoms with Gasteiger partial charge >= 0.3 is 6.09 Å². The Hall–Kier alpha value is -0.810. The van der Waals surface area contributed by atoms with Crippen LogP contribution in [0.2, 0.25) is 0 Å². The first-order valence-electron chi connectivity index (χ1n) is 3.16. The molecule has 11 heavy (non-hydrogen) atoms. The number of methoxy groups -OCH3 is 2. The average molecular weight is 163 g/mol. The summed E-state index contributed by atoms with van der Waals surface area (Å²) < 4.78 is 9.63. The van der Waals surface area contributed by atoms with Crippen molar-refractivity contribution in [2.24, 2.45) is 0 Å². The summed E-state index contributed by atoms with van der Waals surface area (Å²) in [4.78, 5) is 10.1. The molecule has 0 aromatic heterocycles. The average Bonchev–Trinajstić information content (AvgIpc) is 1.88. The van der Waals surface area contributed by atoms with E-state index in [1.165, 1.54) is 14.2 Å². The fourth-order valence-electron chi connectivity index (χ4n) is 0.767. The summed E-state index contributed by atoms with van der Waals surface area (Å²) in [6.07, 6.45) is -1.62. The Morgan fingerprint density at radius 2 is 1.91 bits per heavy atom. The lowest BCUT2D eigenvalue weighted by molar-refractivity contribution is -0.117. The lowest BCUT2D eigenvalue weighted by atomic mass is 10.3. The number of nitrogens with one attached hydrogen (secondary N) is 1. The van der Waals surface area contributed by atoms with Crippen LogP contribution in [0.15, 0.2) is 0 Å². The standard InChI is InChI=1S/C6H13NO4/c1-4(7-6(8)9)5(10-2)11-3/h4-5,7H,1-3H3,(H,8,9). The third-order valence-corrected chi connectivity index (χ3v) is 1.22. The van der Waals surface area contributed by atoms with Crippen LogP contribution in [0, 0.1) is 0 Å². The number of hydrogen-bond donors (Lipinski definition) is 2. The van der Waals surface area contributed by atoms with Crippen molar-refractivity contribution in [3.05, 3.63) is 0 Å². The molecule has 0 saturated heterocycles. The summed E-state index contributed by atoms with van der Waals surface area (Å²) >= 11 is 0. The number of carbonyl (C=O) groups is 1. The Kier molecular flexibility index (Phi) is 4.56. The summed E-state index contributed by atoms with van der Waals surface area (Å²) in [5.74, 6) is 0. The molecule has 1 amide bonds. The first-order valence-corrected chi connectivity index (χ1v) is 3.16. The van der Waals surface area contributed by atoms with Crippen LogP contribution < -0.4 is 5.32 Å². The van der Waals surface area contributed by atoms with Gasteiger partial charge in [-0.2, -0.15) is 0 Å². The smallest absolute Gasteiger partial charge is 0.405 e. The molecule has 0 bridgehead atoms. The zero-order valence-corrected chi connectivity index (χ0v) is 6.83. The normalized spacial score (nSPS) is 13.1. The summed E-state index contributed by atoms with van der Waals surface area (Å²) in [7, 11) is 2.91. The van der Waals surface area contributed by atoms with Crippen molar-refractivity contribution in [3.8, 4) is 0 Å². The van der Waals surface area contributed by atoms with E-state index in [1.807, 2.05) is 0 Å². The maximum Gasteiger partial charge on any atom is 0.405 e. The highest BCUT2D eigenvalue weighted by molar-refractivity contribution is 5.64. The second-order valence-electron chi connectivity index (χ2n) is 2.08. The second-order valence-corrected chi connectivity index (χ2v) is 2.08. The van der Waals surface area contributed by atoms with Crippen LogP contribution in [-0.4, -0.2) is 37.8 Å². The van der Waals surface area contributed by atoms with Gasteiger partial charge in [0.25, 0.3) is 0 Å². The molecule has 0 spiro atoms. The van der Waals surface area contributed by atoms with Crippen molar-refractivity contribution in [2.45, 2.75) is 19.3 Å². The van der Waals surface area contributed by atoms with E-state index in [2.05, 4.69) is 5.32 Å². The second kappa shape index (κ2) is 4.92. The van der Waals surface area contributed by atoms with Gasteiger partial charge in [0.1, 0.15) is 0 Å². The molecule has 66 valence electrons. The van der Waals surface area contributed by atoms with Crippen molar-refractivity contribution in [2.75, 3.05) is 14.2 Å². The Balaban J connectivity index is 3.78. The molecule has 0 aromatic rings. The molecule has 1 unspecified atom stereocenters. The van der Waals surface area contributed by atoms with Crippen molar-refractivity contribution < 1.29 is 19.4 Å². The Labute approximate surface area is 65.3 Å².